The number of methoxy groups -OCH3 is 1. The van der Waals surface area contributed by atoms with Gasteiger partial charge in [-0.2, -0.15) is 5.10 Å². The summed E-state index contributed by atoms with van der Waals surface area (Å²) in [5, 5.41) is 16.2. The summed E-state index contributed by atoms with van der Waals surface area (Å²) in [7, 11) is 1.65. The number of aliphatic hydroxyl groups is 1. The van der Waals surface area contributed by atoms with Crippen LogP contribution >= 0.6 is 23.2 Å². The molecule has 7 nitrogen and oxygen atoms in total. The third-order valence-corrected chi connectivity index (χ3v) is 6.92. The van der Waals surface area contributed by atoms with Crippen molar-refractivity contribution in [2.75, 3.05) is 33.4 Å². The molecule has 0 unspecified atom stereocenters. The normalized spacial score (nSPS) is 18.7. The second-order valence-electron chi connectivity index (χ2n) is 8.82. The van der Waals surface area contributed by atoms with Crippen LogP contribution in [-0.2, 0) is 13.1 Å². The fourth-order valence-corrected chi connectivity index (χ4v) is 4.48. The summed E-state index contributed by atoms with van der Waals surface area (Å²) in [4.78, 5) is 2.35. The number of rotatable bonds is 10. The van der Waals surface area contributed by atoms with E-state index < -0.39 is 5.60 Å². The molecule has 1 aliphatic heterocycles. The van der Waals surface area contributed by atoms with E-state index in [1.54, 1.807) is 31.5 Å². The maximum Gasteiger partial charge on any atom is 0.161 e. The number of hydrogen-bond donors (Lipinski definition) is 1. The van der Waals surface area contributed by atoms with E-state index in [4.69, 9.17) is 37.4 Å². The lowest BCUT2D eigenvalue weighted by Crippen LogP contribution is -2.37. The van der Waals surface area contributed by atoms with Crippen molar-refractivity contribution >= 4 is 23.2 Å². The Kier molecular flexibility index (Phi) is 8.78. The summed E-state index contributed by atoms with van der Waals surface area (Å²) in [5.74, 6) is 2.03. The molecule has 4 rings (SSSR count). The van der Waals surface area contributed by atoms with Crippen molar-refractivity contribution in [1.82, 2.24) is 14.7 Å². The average Bonchev–Trinajstić information content (AvgIpc) is 3.30. The minimum absolute atomic E-state index is 0.219. The van der Waals surface area contributed by atoms with E-state index in [9.17, 15) is 5.11 Å². The van der Waals surface area contributed by atoms with Gasteiger partial charge in [0.1, 0.15) is 19.0 Å². The highest BCUT2D eigenvalue weighted by molar-refractivity contribution is 6.42. The molecule has 0 amide bonds. The largest absolute Gasteiger partial charge is 0.493 e. The molecule has 0 spiro atoms. The molecule has 1 saturated heterocycles. The topological polar surface area (TPSA) is 69.0 Å². The van der Waals surface area contributed by atoms with Crippen LogP contribution in [0.5, 0.6) is 17.2 Å². The van der Waals surface area contributed by atoms with Gasteiger partial charge in [-0.3, -0.25) is 9.58 Å². The van der Waals surface area contributed by atoms with Crippen LogP contribution in [0.25, 0.3) is 0 Å². The quantitative estimate of drug-likeness (QED) is 0.403. The van der Waals surface area contributed by atoms with E-state index in [0.29, 0.717) is 53.3 Å². The molecule has 0 aliphatic carbocycles. The molecule has 188 valence electrons. The van der Waals surface area contributed by atoms with Crippen LogP contribution in [0.4, 0.5) is 0 Å². The molecular weight excluding hydrogens is 489 g/mol. The number of benzene rings is 2. The van der Waals surface area contributed by atoms with Gasteiger partial charge >= 0.3 is 0 Å². The molecular formula is C26H31Cl2N3O4. The zero-order chi connectivity index (χ0) is 24.7. The fourth-order valence-electron chi connectivity index (χ4n) is 4.19. The molecule has 2 heterocycles. The van der Waals surface area contributed by atoms with Crippen molar-refractivity contribution in [2.45, 2.75) is 38.0 Å². The summed E-state index contributed by atoms with van der Waals surface area (Å²) in [6, 6.07) is 13.1. The number of likely N-dealkylation sites (tertiary alicyclic amines) is 1. The molecule has 0 bridgehead atoms. The SMILES string of the molecule is COc1cc(CN2CCC[C@@](O)(COc3ccc(Cl)c(Cl)c3)CC2)ccc1OCCn1cccn1. The van der Waals surface area contributed by atoms with Gasteiger partial charge in [-0.1, -0.05) is 29.3 Å². The molecule has 9 heteroatoms. The van der Waals surface area contributed by atoms with E-state index >= 15 is 0 Å². The first kappa shape index (κ1) is 25.6. The van der Waals surface area contributed by atoms with Gasteiger partial charge in [-0.15, -0.1) is 0 Å². The van der Waals surface area contributed by atoms with Crippen LogP contribution in [-0.4, -0.2) is 58.8 Å². The maximum atomic E-state index is 11.1. The predicted octanol–water partition coefficient (Wildman–Crippen LogP) is 5.07. The lowest BCUT2D eigenvalue weighted by Gasteiger charge is -2.27. The highest BCUT2D eigenvalue weighted by Gasteiger charge is 2.31. The molecule has 1 fully saturated rings. The lowest BCUT2D eigenvalue weighted by atomic mass is 9.96. The highest BCUT2D eigenvalue weighted by Crippen LogP contribution is 2.31. The van der Waals surface area contributed by atoms with Crippen molar-refractivity contribution in [3.8, 4) is 17.2 Å². The number of halogens is 2. The van der Waals surface area contributed by atoms with Crippen LogP contribution in [0.2, 0.25) is 10.0 Å². The van der Waals surface area contributed by atoms with Crippen LogP contribution in [0.15, 0.2) is 54.9 Å². The highest BCUT2D eigenvalue weighted by atomic mass is 35.5. The van der Waals surface area contributed by atoms with Crippen molar-refractivity contribution in [3.05, 3.63) is 70.5 Å². The van der Waals surface area contributed by atoms with E-state index in [1.807, 2.05) is 29.1 Å². The molecule has 2 aromatic carbocycles. The first-order chi connectivity index (χ1) is 16.9. The Hall–Kier alpha value is -2.45. The van der Waals surface area contributed by atoms with Gasteiger partial charge in [-0.25, -0.2) is 0 Å². The molecule has 1 aliphatic rings. The smallest absolute Gasteiger partial charge is 0.161 e. The van der Waals surface area contributed by atoms with E-state index in [2.05, 4.69) is 16.1 Å². The third-order valence-electron chi connectivity index (χ3n) is 6.18. The summed E-state index contributed by atoms with van der Waals surface area (Å²) < 4.78 is 19.2. The Balaban J connectivity index is 1.29. The van der Waals surface area contributed by atoms with Gasteiger partial charge in [-0.05, 0) is 61.7 Å². The van der Waals surface area contributed by atoms with Gasteiger partial charge in [0, 0.05) is 31.5 Å². The number of hydrogen-bond acceptors (Lipinski definition) is 6. The summed E-state index contributed by atoms with van der Waals surface area (Å²) in [6.45, 7) is 3.84. The second kappa shape index (κ2) is 12.0. The summed E-state index contributed by atoms with van der Waals surface area (Å²) in [6.07, 6.45) is 5.84. The molecule has 0 saturated carbocycles. The molecule has 1 N–H and O–H groups in total. The Morgan fingerprint density at radius 2 is 1.91 bits per heavy atom. The Morgan fingerprint density at radius 3 is 2.69 bits per heavy atom. The second-order valence-corrected chi connectivity index (χ2v) is 9.64. The van der Waals surface area contributed by atoms with E-state index in [0.717, 1.165) is 31.6 Å². The van der Waals surface area contributed by atoms with Gasteiger partial charge in [0.2, 0.25) is 0 Å². The third kappa shape index (κ3) is 7.27. The predicted molar refractivity (Wildman–Crippen MR) is 137 cm³/mol. The minimum Gasteiger partial charge on any atom is -0.493 e. The first-order valence-electron chi connectivity index (χ1n) is 11.7. The van der Waals surface area contributed by atoms with Crippen molar-refractivity contribution < 1.29 is 19.3 Å². The standard InChI is InChI=1S/C26H31Cl2N3O4/c1-33-25-16-20(4-7-24(25)34-15-14-31-12-3-10-29-31)18-30-11-2-8-26(32,9-13-30)19-35-21-5-6-22(27)23(28)17-21/h3-7,10,12,16-17,32H,2,8-9,11,13-15,18-19H2,1H3/t26-/m0/s1. The van der Waals surface area contributed by atoms with Crippen molar-refractivity contribution in [3.63, 3.8) is 0 Å². The Bertz CT molecular complexity index is 1100. The number of ether oxygens (including phenoxy) is 3. The molecule has 1 aromatic heterocycles. The summed E-state index contributed by atoms with van der Waals surface area (Å²) >= 11 is 12.0. The van der Waals surface area contributed by atoms with E-state index in [1.165, 1.54) is 0 Å². The van der Waals surface area contributed by atoms with Crippen LogP contribution in [0, 0.1) is 0 Å². The van der Waals surface area contributed by atoms with Crippen LogP contribution in [0.1, 0.15) is 24.8 Å². The fraction of sp³-hybridized carbons (Fsp3) is 0.423. The van der Waals surface area contributed by atoms with Gasteiger partial charge in [0.15, 0.2) is 11.5 Å². The number of nitrogens with zero attached hydrogens (tertiary/aromatic N) is 3. The van der Waals surface area contributed by atoms with Gasteiger partial charge < -0.3 is 19.3 Å². The first-order valence-corrected chi connectivity index (χ1v) is 12.5. The molecule has 35 heavy (non-hydrogen) atoms. The summed E-state index contributed by atoms with van der Waals surface area (Å²) in [5.41, 5.74) is 0.254. The van der Waals surface area contributed by atoms with Gasteiger partial charge in [0.25, 0.3) is 0 Å². The average molecular weight is 520 g/mol. The zero-order valence-corrected chi connectivity index (χ0v) is 21.3. The molecule has 1 atom stereocenters. The number of aromatic nitrogens is 2. The lowest BCUT2D eigenvalue weighted by molar-refractivity contribution is -0.0168. The maximum absolute atomic E-state index is 11.1. The molecule has 0 radical (unpaired) electrons. The van der Waals surface area contributed by atoms with Crippen LogP contribution < -0.4 is 14.2 Å². The van der Waals surface area contributed by atoms with Gasteiger partial charge in [0.05, 0.1) is 29.3 Å². The van der Waals surface area contributed by atoms with E-state index in [-0.39, 0.29) is 6.61 Å². The van der Waals surface area contributed by atoms with Crippen molar-refractivity contribution in [1.29, 1.82) is 0 Å². The Labute approximate surface area is 216 Å². The minimum atomic E-state index is -0.884. The van der Waals surface area contributed by atoms with Crippen LogP contribution in [0.3, 0.4) is 0 Å². The molecule has 3 aromatic rings. The zero-order valence-electron chi connectivity index (χ0n) is 19.8. The Morgan fingerprint density at radius 1 is 1.03 bits per heavy atom. The monoisotopic (exact) mass is 519 g/mol. The van der Waals surface area contributed by atoms with Crippen molar-refractivity contribution in [2.24, 2.45) is 0 Å².